The topological polar surface area (TPSA) is 119 Å². The lowest BCUT2D eigenvalue weighted by Crippen LogP contribution is -2.24. The first-order chi connectivity index (χ1) is 9.27. The van der Waals surface area contributed by atoms with Crippen LogP contribution in [0, 0.1) is 10.1 Å². The van der Waals surface area contributed by atoms with Gasteiger partial charge in [0.1, 0.15) is 10.6 Å². The minimum atomic E-state index is -3.72. The number of nitro benzene ring substituents is 1. The number of benzene rings is 1. The molecule has 0 bridgehead atoms. The Morgan fingerprint density at radius 3 is 2.65 bits per heavy atom. The Hall–Kier alpha value is -1.71. The van der Waals surface area contributed by atoms with Crippen molar-refractivity contribution < 1.29 is 23.2 Å². The molecule has 1 atom stereocenters. The highest BCUT2D eigenvalue weighted by molar-refractivity contribution is 7.90. The molecule has 0 aliphatic rings. The van der Waals surface area contributed by atoms with E-state index in [-0.39, 0.29) is 23.7 Å². The number of methoxy groups -OCH3 is 1. The zero-order valence-corrected chi connectivity index (χ0v) is 11.9. The number of aliphatic hydroxyl groups excluding tert-OH is 1. The van der Waals surface area contributed by atoms with Crippen LogP contribution in [0.4, 0.5) is 11.4 Å². The van der Waals surface area contributed by atoms with E-state index < -0.39 is 26.6 Å². The zero-order chi connectivity index (χ0) is 15.3. The third kappa shape index (κ3) is 4.15. The molecule has 0 spiro atoms. The first kappa shape index (κ1) is 16.3. The van der Waals surface area contributed by atoms with Gasteiger partial charge in [-0.1, -0.05) is 6.07 Å². The molecule has 1 aromatic rings. The Morgan fingerprint density at radius 1 is 1.50 bits per heavy atom. The van der Waals surface area contributed by atoms with Crippen molar-refractivity contribution in [1.29, 1.82) is 0 Å². The Labute approximate surface area is 116 Å². The number of nitrogens with one attached hydrogen (secondary N) is 1. The molecule has 0 fully saturated rings. The fraction of sp³-hybridized carbons (Fsp3) is 0.455. The van der Waals surface area contributed by atoms with Crippen molar-refractivity contribution in [3.05, 3.63) is 28.3 Å². The summed E-state index contributed by atoms with van der Waals surface area (Å²) < 4.78 is 27.8. The van der Waals surface area contributed by atoms with Gasteiger partial charge in [0.25, 0.3) is 0 Å². The number of ether oxygens (including phenoxy) is 1. The lowest BCUT2D eigenvalue weighted by atomic mass is 10.2. The highest BCUT2D eigenvalue weighted by atomic mass is 32.2. The first-order valence-corrected chi connectivity index (χ1v) is 7.55. The van der Waals surface area contributed by atoms with Crippen molar-refractivity contribution in [2.75, 3.05) is 31.8 Å². The third-order valence-corrected chi connectivity index (χ3v) is 3.60. The third-order valence-electron chi connectivity index (χ3n) is 2.47. The maximum absolute atomic E-state index is 11.5. The quantitative estimate of drug-likeness (QED) is 0.553. The minimum absolute atomic E-state index is 0.00188. The van der Waals surface area contributed by atoms with E-state index in [1.165, 1.54) is 25.3 Å². The lowest BCUT2D eigenvalue weighted by molar-refractivity contribution is -0.386. The summed E-state index contributed by atoms with van der Waals surface area (Å²) in [4.78, 5) is 9.94. The van der Waals surface area contributed by atoms with Gasteiger partial charge in [-0.3, -0.25) is 10.1 Å². The SMILES string of the molecule is COCC(O)CNc1cccc(S(C)(=O)=O)c1[N+](=O)[O-]. The molecular formula is C11H16N2O6S. The van der Waals surface area contributed by atoms with E-state index in [0.717, 1.165) is 6.26 Å². The van der Waals surface area contributed by atoms with Crippen molar-refractivity contribution in [3.8, 4) is 0 Å². The molecule has 2 N–H and O–H groups in total. The van der Waals surface area contributed by atoms with E-state index in [9.17, 15) is 23.6 Å². The standard InChI is InChI=1S/C11H16N2O6S/c1-19-7-8(14)6-12-9-4-3-5-10(20(2,17)18)11(9)13(15)16/h3-5,8,12,14H,6-7H2,1-2H3. The van der Waals surface area contributed by atoms with Gasteiger partial charge in [0.05, 0.1) is 17.6 Å². The van der Waals surface area contributed by atoms with Gasteiger partial charge in [-0.15, -0.1) is 0 Å². The molecule has 20 heavy (non-hydrogen) atoms. The Bertz CT molecular complexity index is 587. The normalized spacial score (nSPS) is 12.9. The molecule has 0 saturated heterocycles. The zero-order valence-electron chi connectivity index (χ0n) is 11.1. The number of aliphatic hydroxyl groups is 1. The molecule has 0 aromatic heterocycles. The molecule has 112 valence electrons. The van der Waals surface area contributed by atoms with Crippen LogP contribution in [0.1, 0.15) is 0 Å². The summed E-state index contributed by atoms with van der Waals surface area (Å²) in [6.07, 6.45) is 0.0419. The maximum atomic E-state index is 11.5. The summed E-state index contributed by atoms with van der Waals surface area (Å²) in [5, 5.41) is 23.2. The smallest absolute Gasteiger partial charge is 0.310 e. The van der Waals surface area contributed by atoms with Crippen LogP contribution in [-0.4, -0.2) is 51.1 Å². The number of rotatable bonds is 7. The number of hydrogen-bond donors (Lipinski definition) is 2. The average Bonchev–Trinajstić information content (AvgIpc) is 2.35. The fourth-order valence-electron chi connectivity index (χ4n) is 1.63. The number of nitro groups is 1. The highest BCUT2D eigenvalue weighted by Crippen LogP contribution is 2.31. The van der Waals surface area contributed by atoms with Gasteiger partial charge in [-0.2, -0.15) is 0 Å². The molecule has 1 aromatic carbocycles. The summed E-state index contributed by atoms with van der Waals surface area (Å²) in [7, 11) is -2.31. The van der Waals surface area contributed by atoms with Crippen molar-refractivity contribution in [1.82, 2.24) is 0 Å². The van der Waals surface area contributed by atoms with Crippen molar-refractivity contribution in [2.45, 2.75) is 11.0 Å². The molecule has 0 amide bonds. The van der Waals surface area contributed by atoms with E-state index in [1.807, 2.05) is 0 Å². The van der Waals surface area contributed by atoms with Gasteiger partial charge in [0.15, 0.2) is 9.84 Å². The van der Waals surface area contributed by atoms with Crippen LogP contribution in [0.2, 0.25) is 0 Å². The number of anilines is 1. The van der Waals surface area contributed by atoms with Crippen LogP contribution in [0.25, 0.3) is 0 Å². The summed E-state index contributed by atoms with van der Waals surface area (Å²) in [5.74, 6) is 0. The number of hydrogen-bond acceptors (Lipinski definition) is 7. The minimum Gasteiger partial charge on any atom is -0.389 e. The van der Waals surface area contributed by atoms with E-state index in [2.05, 4.69) is 5.32 Å². The lowest BCUT2D eigenvalue weighted by Gasteiger charge is -2.13. The van der Waals surface area contributed by atoms with E-state index in [4.69, 9.17) is 4.74 Å². The number of para-hydroxylation sites is 1. The molecule has 1 rings (SSSR count). The van der Waals surface area contributed by atoms with Gasteiger partial charge in [-0.25, -0.2) is 8.42 Å². The number of nitrogens with zero attached hydrogens (tertiary/aromatic N) is 1. The maximum Gasteiger partial charge on any atom is 0.310 e. The van der Waals surface area contributed by atoms with Crippen LogP contribution in [-0.2, 0) is 14.6 Å². The predicted octanol–water partition coefficient (Wildman–Crippen LogP) is 0.418. The van der Waals surface area contributed by atoms with Gasteiger partial charge in [0.2, 0.25) is 0 Å². The first-order valence-electron chi connectivity index (χ1n) is 5.65. The molecule has 0 radical (unpaired) electrons. The second-order valence-corrected chi connectivity index (χ2v) is 6.16. The second-order valence-electron chi connectivity index (χ2n) is 4.17. The molecular weight excluding hydrogens is 288 g/mol. The molecule has 0 aliphatic carbocycles. The molecule has 9 heteroatoms. The summed E-state index contributed by atoms with van der Waals surface area (Å²) in [5.41, 5.74) is -0.493. The summed E-state index contributed by atoms with van der Waals surface area (Å²) in [6, 6.07) is 3.95. The molecule has 0 saturated carbocycles. The van der Waals surface area contributed by atoms with Crippen molar-refractivity contribution in [3.63, 3.8) is 0 Å². The highest BCUT2D eigenvalue weighted by Gasteiger charge is 2.26. The van der Waals surface area contributed by atoms with Gasteiger partial charge in [0, 0.05) is 19.9 Å². The van der Waals surface area contributed by atoms with E-state index in [0.29, 0.717) is 0 Å². The van der Waals surface area contributed by atoms with Gasteiger partial charge >= 0.3 is 5.69 Å². The average molecular weight is 304 g/mol. The summed E-state index contributed by atoms with van der Waals surface area (Å²) in [6.45, 7) is 0.0639. The molecule has 0 aliphatic heterocycles. The molecule has 1 unspecified atom stereocenters. The molecule has 0 heterocycles. The monoisotopic (exact) mass is 304 g/mol. The fourth-order valence-corrected chi connectivity index (χ4v) is 2.49. The Morgan fingerprint density at radius 2 is 2.15 bits per heavy atom. The van der Waals surface area contributed by atoms with Crippen LogP contribution in [0.5, 0.6) is 0 Å². The van der Waals surface area contributed by atoms with Crippen LogP contribution >= 0.6 is 0 Å². The number of sulfone groups is 1. The Kier molecular flexibility index (Phi) is 5.43. The second kappa shape index (κ2) is 6.64. The van der Waals surface area contributed by atoms with Crippen LogP contribution in [0.15, 0.2) is 23.1 Å². The van der Waals surface area contributed by atoms with Crippen molar-refractivity contribution >= 4 is 21.2 Å². The van der Waals surface area contributed by atoms with Gasteiger partial charge in [-0.05, 0) is 12.1 Å². The van der Waals surface area contributed by atoms with E-state index >= 15 is 0 Å². The largest absolute Gasteiger partial charge is 0.389 e. The Balaban J connectivity index is 3.11. The summed E-state index contributed by atoms with van der Waals surface area (Å²) >= 11 is 0. The van der Waals surface area contributed by atoms with Crippen LogP contribution < -0.4 is 5.32 Å². The van der Waals surface area contributed by atoms with E-state index in [1.54, 1.807) is 0 Å². The van der Waals surface area contributed by atoms with Crippen molar-refractivity contribution in [2.24, 2.45) is 0 Å². The predicted molar refractivity (Wildman–Crippen MR) is 72.6 cm³/mol. The van der Waals surface area contributed by atoms with Gasteiger partial charge < -0.3 is 15.2 Å². The molecule has 8 nitrogen and oxygen atoms in total. The van der Waals surface area contributed by atoms with Crippen LogP contribution in [0.3, 0.4) is 0 Å².